The van der Waals surface area contributed by atoms with E-state index in [4.69, 9.17) is 16.0 Å². The van der Waals surface area contributed by atoms with Crippen LogP contribution in [-0.2, 0) is 24.9 Å². The van der Waals surface area contributed by atoms with Gasteiger partial charge in [0, 0.05) is 35.7 Å². The zero-order chi connectivity index (χ0) is 23.1. The Hall–Kier alpha value is -3.19. The third-order valence-electron chi connectivity index (χ3n) is 5.45. The summed E-state index contributed by atoms with van der Waals surface area (Å²) in [6, 6.07) is 14.0. The molecule has 170 valence electrons. The van der Waals surface area contributed by atoms with Crippen LogP contribution in [0, 0.1) is 0 Å². The zero-order valence-corrected chi connectivity index (χ0v) is 19.4. The summed E-state index contributed by atoms with van der Waals surface area (Å²) in [6.45, 7) is 4.60. The number of anilines is 1. The van der Waals surface area contributed by atoms with Crippen LogP contribution in [0.2, 0.25) is 5.02 Å². The third-order valence-corrected chi connectivity index (χ3v) is 5.68. The zero-order valence-electron chi connectivity index (χ0n) is 18.6. The molecule has 2 aromatic heterocycles. The van der Waals surface area contributed by atoms with Gasteiger partial charge in [0.25, 0.3) is 0 Å². The SMILES string of the molecule is CCC(C)N(CC(=O)N(Cc1ccco1)Cc1cccn1C)C(=O)Nc1cccc(Cl)c1. The molecule has 0 aliphatic rings. The first-order valence-corrected chi connectivity index (χ1v) is 11.0. The summed E-state index contributed by atoms with van der Waals surface area (Å²) in [4.78, 5) is 29.7. The smallest absolute Gasteiger partial charge is 0.322 e. The van der Waals surface area contributed by atoms with Crippen molar-refractivity contribution in [1.82, 2.24) is 14.4 Å². The van der Waals surface area contributed by atoms with Gasteiger partial charge in [-0.3, -0.25) is 4.79 Å². The molecule has 3 aromatic rings. The highest BCUT2D eigenvalue weighted by Gasteiger charge is 2.26. The molecule has 0 saturated heterocycles. The van der Waals surface area contributed by atoms with E-state index < -0.39 is 0 Å². The average Bonchev–Trinajstić information content (AvgIpc) is 3.42. The maximum absolute atomic E-state index is 13.4. The van der Waals surface area contributed by atoms with Crippen LogP contribution < -0.4 is 5.32 Å². The summed E-state index contributed by atoms with van der Waals surface area (Å²) in [5.74, 6) is 0.523. The van der Waals surface area contributed by atoms with Crippen LogP contribution in [0.1, 0.15) is 31.7 Å². The highest BCUT2D eigenvalue weighted by atomic mass is 35.5. The Labute approximate surface area is 193 Å². The van der Waals surface area contributed by atoms with Crippen molar-refractivity contribution < 1.29 is 14.0 Å². The number of amides is 3. The highest BCUT2D eigenvalue weighted by molar-refractivity contribution is 6.30. The Balaban J connectivity index is 1.77. The number of aromatic nitrogens is 1. The predicted octanol–water partition coefficient (Wildman–Crippen LogP) is 5.13. The van der Waals surface area contributed by atoms with Crippen molar-refractivity contribution in [2.75, 3.05) is 11.9 Å². The van der Waals surface area contributed by atoms with Gasteiger partial charge in [-0.15, -0.1) is 0 Å². The number of carbonyl (C=O) groups excluding carboxylic acids is 2. The van der Waals surface area contributed by atoms with Crippen LogP contribution in [0.4, 0.5) is 10.5 Å². The topological polar surface area (TPSA) is 70.7 Å². The average molecular weight is 457 g/mol. The minimum absolute atomic E-state index is 0.0491. The van der Waals surface area contributed by atoms with Crippen molar-refractivity contribution in [2.24, 2.45) is 7.05 Å². The van der Waals surface area contributed by atoms with Crippen molar-refractivity contribution in [3.8, 4) is 0 Å². The number of nitrogens with one attached hydrogen (secondary N) is 1. The molecule has 0 bridgehead atoms. The van der Waals surface area contributed by atoms with Crippen LogP contribution in [0.5, 0.6) is 0 Å². The molecule has 2 heterocycles. The van der Waals surface area contributed by atoms with Gasteiger partial charge in [0.1, 0.15) is 12.3 Å². The number of benzene rings is 1. The number of carbonyl (C=O) groups is 2. The molecule has 3 rings (SSSR count). The number of urea groups is 1. The predicted molar refractivity (Wildman–Crippen MR) is 125 cm³/mol. The van der Waals surface area contributed by atoms with Gasteiger partial charge in [0.2, 0.25) is 5.91 Å². The Morgan fingerprint density at radius 3 is 2.59 bits per heavy atom. The molecule has 3 amide bonds. The monoisotopic (exact) mass is 456 g/mol. The van der Waals surface area contributed by atoms with Gasteiger partial charge in [0.15, 0.2) is 0 Å². The molecule has 7 nitrogen and oxygen atoms in total. The minimum Gasteiger partial charge on any atom is -0.467 e. The van der Waals surface area contributed by atoms with Crippen molar-refractivity contribution in [3.63, 3.8) is 0 Å². The van der Waals surface area contributed by atoms with E-state index in [0.717, 1.165) is 5.69 Å². The number of hydrogen-bond acceptors (Lipinski definition) is 3. The van der Waals surface area contributed by atoms with Crippen molar-refractivity contribution in [3.05, 3.63) is 77.5 Å². The Morgan fingerprint density at radius 2 is 1.97 bits per heavy atom. The molecule has 1 N–H and O–H groups in total. The molecule has 1 atom stereocenters. The Morgan fingerprint density at radius 1 is 1.16 bits per heavy atom. The molecular weight excluding hydrogens is 428 g/mol. The number of hydrogen-bond donors (Lipinski definition) is 1. The van der Waals surface area contributed by atoms with Crippen LogP contribution in [0.15, 0.2) is 65.4 Å². The van der Waals surface area contributed by atoms with Crippen LogP contribution >= 0.6 is 11.6 Å². The summed E-state index contributed by atoms with van der Waals surface area (Å²) in [7, 11) is 1.94. The van der Waals surface area contributed by atoms with Crippen molar-refractivity contribution in [1.29, 1.82) is 0 Å². The van der Waals surface area contributed by atoms with Crippen LogP contribution in [0.25, 0.3) is 0 Å². The molecule has 1 unspecified atom stereocenters. The largest absolute Gasteiger partial charge is 0.467 e. The summed E-state index contributed by atoms with van der Waals surface area (Å²) in [6.07, 6.45) is 4.24. The number of aryl methyl sites for hydroxylation is 1. The second kappa shape index (κ2) is 10.9. The van der Waals surface area contributed by atoms with E-state index >= 15 is 0 Å². The maximum atomic E-state index is 13.4. The van der Waals surface area contributed by atoms with Gasteiger partial charge in [-0.25, -0.2) is 4.79 Å². The van der Waals surface area contributed by atoms with E-state index in [0.29, 0.717) is 36.0 Å². The number of nitrogens with zero attached hydrogens (tertiary/aromatic N) is 3. The van der Waals surface area contributed by atoms with E-state index in [-0.39, 0.29) is 24.5 Å². The van der Waals surface area contributed by atoms with E-state index in [9.17, 15) is 9.59 Å². The van der Waals surface area contributed by atoms with E-state index in [1.54, 1.807) is 46.4 Å². The van der Waals surface area contributed by atoms with Crippen LogP contribution in [0.3, 0.4) is 0 Å². The molecule has 8 heteroatoms. The fourth-order valence-electron chi connectivity index (χ4n) is 3.33. The molecular formula is C24H29ClN4O3. The van der Waals surface area contributed by atoms with Gasteiger partial charge < -0.3 is 24.1 Å². The minimum atomic E-state index is -0.341. The van der Waals surface area contributed by atoms with Gasteiger partial charge in [0.05, 0.1) is 19.4 Å². The summed E-state index contributed by atoms with van der Waals surface area (Å²) in [5, 5.41) is 3.38. The molecule has 0 aliphatic heterocycles. The van der Waals surface area contributed by atoms with E-state index in [1.807, 2.05) is 49.9 Å². The molecule has 0 radical (unpaired) electrons. The van der Waals surface area contributed by atoms with Gasteiger partial charge >= 0.3 is 6.03 Å². The molecule has 0 fully saturated rings. The Kier molecular flexibility index (Phi) is 8.00. The number of rotatable bonds is 9. The summed E-state index contributed by atoms with van der Waals surface area (Å²) in [5.41, 5.74) is 1.57. The maximum Gasteiger partial charge on any atom is 0.322 e. The molecule has 1 aromatic carbocycles. The molecule has 32 heavy (non-hydrogen) atoms. The molecule has 0 spiro atoms. The molecule has 0 aliphatic carbocycles. The first-order chi connectivity index (χ1) is 15.4. The fourth-order valence-corrected chi connectivity index (χ4v) is 3.52. The summed E-state index contributed by atoms with van der Waals surface area (Å²) >= 11 is 6.04. The lowest BCUT2D eigenvalue weighted by molar-refractivity contribution is -0.133. The highest BCUT2D eigenvalue weighted by Crippen LogP contribution is 2.17. The third kappa shape index (κ3) is 6.17. The van der Waals surface area contributed by atoms with Gasteiger partial charge in [-0.05, 0) is 55.8 Å². The van der Waals surface area contributed by atoms with E-state index in [1.165, 1.54) is 0 Å². The first-order valence-electron chi connectivity index (χ1n) is 10.6. The first kappa shape index (κ1) is 23.5. The standard InChI is InChI=1S/C24H29ClN4O3/c1-4-18(2)29(24(31)26-20-9-5-8-19(25)14-20)17-23(30)28(16-22-11-7-13-32-22)15-21-10-6-12-27(21)3/h5-14,18H,4,15-17H2,1-3H3,(H,26,31). The Bertz CT molecular complexity index is 1030. The number of halogens is 1. The van der Waals surface area contributed by atoms with E-state index in [2.05, 4.69) is 5.32 Å². The lowest BCUT2D eigenvalue weighted by Crippen LogP contribution is -2.48. The second-order valence-corrected chi connectivity index (χ2v) is 8.20. The quantitative estimate of drug-likeness (QED) is 0.485. The fraction of sp³-hybridized carbons (Fsp3) is 0.333. The normalized spacial score (nSPS) is 11.8. The van der Waals surface area contributed by atoms with Gasteiger partial charge in [-0.1, -0.05) is 24.6 Å². The molecule has 0 saturated carbocycles. The number of furan rings is 1. The summed E-state index contributed by atoms with van der Waals surface area (Å²) < 4.78 is 7.44. The van der Waals surface area contributed by atoms with Crippen LogP contribution in [-0.4, -0.2) is 38.9 Å². The van der Waals surface area contributed by atoms with Crippen molar-refractivity contribution >= 4 is 29.2 Å². The van der Waals surface area contributed by atoms with Crippen molar-refractivity contribution in [2.45, 2.75) is 39.4 Å². The lowest BCUT2D eigenvalue weighted by Gasteiger charge is -2.31. The van der Waals surface area contributed by atoms with Gasteiger partial charge in [-0.2, -0.15) is 0 Å². The second-order valence-electron chi connectivity index (χ2n) is 7.77. The lowest BCUT2D eigenvalue weighted by atomic mass is 10.2.